The minimum Gasteiger partial charge on any atom is -0.337 e. The molecule has 6 nitrogen and oxygen atoms in total. The molecule has 2 atom stereocenters. The van der Waals surface area contributed by atoms with Gasteiger partial charge in [-0.15, -0.1) is 23.7 Å². The van der Waals surface area contributed by atoms with E-state index in [-0.39, 0.29) is 36.8 Å². The zero-order valence-corrected chi connectivity index (χ0v) is 17.1. The van der Waals surface area contributed by atoms with Gasteiger partial charge in [0.25, 0.3) is 10.0 Å². The van der Waals surface area contributed by atoms with Gasteiger partial charge in [0.2, 0.25) is 5.91 Å². The Balaban J connectivity index is 0.00000225. The van der Waals surface area contributed by atoms with Crippen LogP contribution in [0.4, 0.5) is 0 Å². The standard InChI is InChI=1S/C16H25N3O3S2.ClH/c1-12-13(2)19(10-7-17-12)15(20)11-14-5-6-16(23-14)24(21,22)18-8-3-4-9-18;/h5-6,12-13,17H,3-4,7-11H2,1-2H3;1H. The summed E-state index contributed by atoms with van der Waals surface area (Å²) >= 11 is 1.23. The highest BCUT2D eigenvalue weighted by Gasteiger charge is 2.30. The molecule has 3 rings (SSSR count). The first-order valence-corrected chi connectivity index (χ1v) is 10.8. The van der Waals surface area contributed by atoms with E-state index < -0.39 is 10.0 Å². The van der Waals surface area contributed by atoms with Gasteiger partial charge in [0.05, 0.1) is 6.42 Å². The lowest BCUT2D eigenvalue weighted by Gasteiger charge is -2.38. The van der Waals surface area contributed by atoms with Gasteiger partial charge in [0, 0.05) is 43.1 Å². The normalized spacial score (nSPS) is 25.0. The number of halogens is 1. The molecule has 1 N–H and O–H groups in total. The van der Waals surface area contributed by atoms with Crippen molar-refractivity contribution in [3.8, 4) is 0 Å². The quantitative estimate of drug-likeness (QED) is 0.824. The molecule has 0 radical (unpaired) electrons. The molecule has 2 aliphatic heterocycles. The maximum atomic E-state index is 12.6. The van der Waals surface area contributed by atoms with Crippen molar-refractivity contribution in [1.29, 1.82) is 0 Å². The number of amides is 1. The van der Waals surface area contributed by atoms with Gasteiger partial charge < -0.3 is 10.2 Å². The highest BCUT2D eigenvalue weighted by molar-refractivity contribution is 7.91. The molecule has 0 spiro atoms. The van der Waals surface area contributed by atoms with Gasteiger partial charge in [-0.3, -0.25) is 4.79 Å². The summed E-state index contributed by atoms with van der Waals surface area (Å²) in [7, 11) is -3.38. The van der Waals surface area contributed by atoms with Crippen LogP contribution in [0.1, 0.15) is 31.6 Å². The monoisotopic (exact) mass is 407 g/mol. The van der Waals surface area contributed by atoms with Crippen molar-refractivity contribution < 1.29 is 13.2 Å². The van der Waals surface area contributed by atoms with Crippen molar-refractivity contribution in [2.45, 2.75) is 49.4 Å². The van der Waals surface area contributed by atoms with Gasteiger partial charge in [-0.1, -0.05) is 0 Å². The second-order valence-electron chi connectivity index (χ2n) is 6.58. The Morgan fingerprint density at radius 2 is 1.92 bits per heavy atom. The molecule has 0 aliphatic carbocycles. The number of hydrogen-bond acceptors (Lipinski definition) is 5. The summed E-state index contributed by atoms with van der Waals surface area (Å²) in [5, 5.41) is 3.36. The summed E-state index contributed by atoms with van der Waals surface area (Å²) in [5.74, 6) is 0.0721. The summed E-state index contributed by atoms with van der Waals surface area (Å²) in [6.45, 7) is 6.84. The van der Waals surface area contributed by atoms with Crippen molar-refractivity contribution in [2.24, 2.45) is 0 Å². The van der Waals surface area contributed by atoms with E-state index in [0.29, 0.717) is 23.8 Å². The second kappa shape index (κ2) is 8.35. The molecule has 1 aromatic heterocycles. The average Bonchev–Trinajstić information content (AvgIpc) is 3.21. The van der Waals surface area contributed by atoms with Gasteiger partial charge >= 0.3 is 0 Å². The molecule has 3 heterocycles. The fourth-order valence-electron chi connectivity index (χ4n) is 3.31. The predicted octanol–water partition coefficient (Wildman–Crippen LogP) is 1.71. The van der Waals surface area contributed by atoms with Gasteiger partial charge in [-0.05, 0) is 38.8 Å². The Kier molecular flexibility index (Phi) is 6.89. The molecule has 25 heavy (non-hydrogen) atoms. The molecule has 2 unspecified atom stereocenters. The first kappa shape index (κ1) is 20.6. The van der Waals surface area contributed by atoms with Crippen LogP contribution in [0.3, 0.4) is 0 Å². The number of sulfonamides is 1. The van der Waals surface area contributed by atoms with Crippen LogP contribution in [0.2, 0.25) is 0 Å². The summed E-state index contributed by atoms with van der Waals surface area (Å²) < 4.78 is 27.0. The third-order valence-electron chi connectivity index (χ3n) is 4.98. The zero-order valence-electron chi connectivity index (χ0n) is 14.6. The average molecular weight is 408 g/mol. The van der Waals surface area contributed by atoms with E-state index in [4.69, 9.17) is 0 Å². The lowest BCUT2D eigenvalue weighted by molar-refractivity contribution is -0.134. The summed E-state index contributed by atoms with van der Waals surface area (Å²) in [6.07, 6.45) is 2.13. The first-order chi connectivity index (χ1) is 11.4. The van der Waals surface area contributed by atoms with E-state index in [2.05, 4.69) is 12.2 Å². The van der Waals surface area contributed by atoms with Gasteiger partial charge in [-0.2, -0.15) is 4.31 Å². The van der Waals surface area contributed by atoms with Crippen LogP contribution in [0, 0.1) is 0 Å². The zero-order chi connectivity index (χ0) is 17.3. The van der Waals surface area contributed by atoms with Crippen molar-refractivity contribution in [3.63, 3.8) is 0 Å². The largest absolute Gasteiger partial charge is 0.337 e. The molecule has 2 saturated heterocycles. The molecule has 2 fully saturated rings. The maximum Gasteiger partial charge on any atom is 0.252 e. The van der Waals surface area contributed by atoms with E-state index in [9.17, 15) is 13.2 Å². The summed E-state index contributed by atoms with van der Waals surface area (Å²) in [4.78, 5) is 15.3. The third-order valence-corrected chi connectivity index (χ3v) is 8.43. The molecule has 0 aromatic carbocycles. The van der Waals surface area contributed by atoms with Gasteiger partial charge in [0.15, 0.2) is 0 Å². The van der Waals surface area contributed by atoms with E-state index in [1.54, 1.807) is 16.4 Å². The molecule has 2 aliphatic rings. The van der Waals surface area contributed by atoms with Crippen molar-refractivity contribution >= 4 is 39.7 Å². The minimum atomic E-state index is -3.38. The number of nitrogens with zero attached hydrogens (tertiary/aromatic N) is 2. The van der Waals surface area contributed by atoms with Crippen LogP contribution in [0.15, 0.2) is 16.3 Å². The number of piperazine rings is 1. The molecule has 0 bridgehead atoms. The molecule has 9 heteroatoms. The van der Waals surface area contributed by atoms with Crippen LogP contribution < -0.4 is 5.32 Å². The Morgan fingerprint density at radius 3 is 2.60 bits per heavy atom. The topological polar surface area (TPSA) is 69.7 Å². The van der Waals surface area contributed by atoms with E-state index in [1.807, 2.05) is 11.8 Å². The SMILES string of the molecule is CC1NCCN(C(=O)Cc2ccc(S(=O)(=O)N3CCCC3)s2)C1C.Cl. The molecule has 142 valence electrons. The fourth-order valence-corrected chi connectivity index (χ4v) is 6.33. The Labute approximate surface area is 160 Å². The fraction of sp³-hybridized carbons (Fsp3) is 0.688. The molecular weight excluding hydrogens is 382 g/mol. The van der Waals surface area contributed by atoms with Crippen LogP contribution in [0.25, 0.3) is 0 Å². The number of thiophene rings is 1. The number of nitrogens with one attached hydrogen (secondary N) is 1. The predicted molar refractivity (Wildman–Crippen MR) is 102 cm³/mol. The van der Waals surface area contributed by atoms with Crippen LogP contribution in [0.5, 0.6) is 0 Å². The first-order valence-electron chi connectivity index (χ1n) is 8.51. The minimum absolute atomic E-state index is 0. The smallest absolute Gasteiger partial charge is 0.252 e. The lowest BCUT2D eigenvalue weighted by Crippen LogP contribution is -2.57. The van der Waals surface area contributed by atoms with Crippen molar-refractivity contribution in [2.75, 3.05) is 26.2 Å². The van der Waals surface area contributed by atoms with E-state index in [1.165, 1.54) is 11.3 Å². The van der Waals surface area contributed by atoms with Crippen LogP contribution in [-0.4, -0.2) is 61.8 Å². The Bertz CT molecular complexity index is 701. The number of rotatable bonds is 4. The van der Waals surface area contributed by atoms with Gasteiger partial charge in [-0.25, -0.2) is 8.42 Å². The van der Waals surface area contributed by atoms with Crippen molar-refractivity contribution in [1.82, 2.24) is 14.5 Å². The molecular formula is C16H26ClN3O3S2. The van der Waals surface area contributed by atoms with Crippen molar-refractivity contribution in [3.05, 3.63) is 17.0 Å². The van der Waals surface area contributed by atoms with Crippen LogP contribution in [-0.2, 0) is 21.2 Å². The van der Waals surface area contributed by atoms with Gasteiger partial charge in [0.1, 0.15) is 4.21 Å². The summed E-state index contributed by atoms with van der Waals surface area (Å²) in [6, 6.07) is 3.85. The highest BCUT2D eigenvalue weighted by atomic mass is 35.5. The maximum absolute atomic E-state index is 12.6. The highest BCUT2D eigenvalue weighted by Crippen LogP contribution is 2.28. The van der Waals surface area contributed by atoms with Crippen LogP contribution >= 0.6 is 23.7 Å². The Hall–Kier alpha value is -0.670. The molecule has 1 aromatic rings. The van der Waals surface area contributed by atoms with E-state index in [0.717, 1.165) is 24.3 Å². The number of carbonyl (C=O) groups is 1. The lowest BCUT2D eigenvalue weighted by atomic mass is 10.1. The number of carbonyl (C=O) groups excluding carboxylic acids is 1. The second-order valence-corrected chi connectivity index (χ2v) is 9.91. The molecule has 0 saturated carbocycles. The summed E-state index contributed by atoms with van der Waals surface area (Å²) in [5.41, 5.74) is 0. The number of hydrogen-bond donors (Lipinski definition) is 1. The van der Waals surface area contributed by atoms with E-state index >= 15 is 0 Å². The Morgan fingerprint density at radius 1 is 1.24 bits per heavy atom. The molecule has 1 amide bonds. The third kappa shape index (κ3) is 4.36.